The molecule has 0 aromatic carbocycles. The smallest absolute Gasteiger partial charge is 0.369 e. The van der Waals surface area contributed by atoms with Gasteiger partial charge in [0.1, 0.15) is 0 Å². The van der Waals surface area contributed by atoms with Crippen LogP contribution < -0.4 is 5.73 Å². The maximum atomic E-state index is 12.3. The highest BCUT2D eigenvalue weighted by molar-refractivity contribution is 5.89. The van der Waals surface area contributed by atoms with E-state index in [1.807, 2.05) is 0 Å². The second kappa shape index (κ2) is 3.20. The average molecular weight is 230 g/mol. The van der Waals surface area contributed by atoms with Gasteiger partial charge in [-0.25, -0.2) is 0 Å². The number of amides is 1. The van der Waals surface area contributed by atoms with Gasteiger partial charge in [-0.3, -0.25) is 9.78 Å². The number of halogens is 3. The van der Waals surface area contributed by atoms with Crippen LogP contribution in [0.5, 0.6) is 0 Å². The van der Waals surface area contributed by atoms with Crippen LogP contribution in [0, 0.1) is 0 Å². The Balaban J connectivity index is 2.31. The van der Waals surface area contributed by atoms with Crippen LogP contribution in [0.3, 0.4) is 0 Å². The van der Waals surface area contributed by atoms with E-state index in [9.17, 15) is 18.0 Å². The van der Waals surface area contributed by atoms with E-state index >= 15 is 0 Å². The predicted molar refractivity (Wildman–Crippen MR) is 49.3 cm³/mol. The summed E-state index contributed by atoms with van der Waals surface area (Å²) in [5.74, 6) is -0.528. The quantitative estimate of drug-likeness (QED) is 0.839. The number of rotatable bonds is 2. The van der Waals surface area contributed by atoms with Crippen LogP contribution in [-0.2, 0) is 16.4 Å². The van der Waals surface area contributed by atoms with Gasteiger partial charge in [0.15, 0.2) is 0 Å². The van der Waals surface area contributed by atoms with Gasteiger partial charge in [-0.15, -0.1) is 0 Å². The van der Waals surface area contributed by atoms with E-state index < -0.39 is 23.1 Å². The summed E-state index contributed by atoms with van der Waals surface area (Å²) in [5, 5.41) is 0. The molecular formula is C10H9F3N2O. The number of nitrogens with two attached hydrogens (primary N) is 1. The first-order valence-electron chi connectivity index (χ1n) is 4.70. The Morgan fingerprint density at radius 3 is 2.31 bits per heavy atom. The highest BCUT2D eigenvalue weighted by Crippen LogP contribution is 2.47. The van der Waals surface area contributed by atoms with Gasteiger partial charge < -0.3 is 5.73 Å². The van der Waals surface area contributed by atoms with Crippen molar-refractivity contribution in [1.29, 1.82) is 0 Å². The van der Waals surface area contributed by atoms with Crippen molar-refractivity contribution in [3.8, 4) is 0 Å². The van der Waals surface area contributed by atoms with E-state index in [1.54, 1.807) is 0 Å². The first kappa shape index (κ1) is 10.9. The van der Waals surface area contributed by atoms with E-state index in [1.165, 1.54) is 6.07 Å². The highest BCUT2D eigenvalue weighted by Gasteiger charge is 2.51. The molecule has 2 N–H and O–H groups in total. The molecule has 0 bridgehead atoms. The zero-order chi connectivity index (χ0) is 12.0. The third-order valence-corrected chi connectivity index (χ3v) is 2.80. The summed E-state index contributed by atoms with van der Waals surface area (Å²) >= 11 is 0. The number of aromatic nitrogens is 1. The summed E-state index contributed by atoms with van der Waals surface area (Å²) in [4.78, 5) is 14.8. The number of pyridine rings is 1. The van der Waals surface area contributed by atoms with E-state index in [2.05, 4.69) is 4.98 Å². The maximum absolute atomic E-state index is 12.3. The Kier molecular flexibility index (Phi) is 2.18. The van der Waals surface area contributed by atoms with Gasteiger partial charge in [0.2, 0.25) is 5.91 Å². The Morgan fingerprint density at radius 1 is 1.38 bits per heavy atom. The van der Waals surface area contributed by atoms with Crippen molar-refractivity contribution in [2.24, 2.45) is 5.73 Å². The zero-order valence-corrected chi connectivity index (χ0v) is 8.21. The molecule has 0 atom stereocenters. The Morgan fingerprint density at radius 2 is 2.00 bits per heavy atom. The fourth-order valence-electron chi connectivity index (χ4n) is 1.60. The molecule has 0 radical (unpaired) electrons. The summed E-state index contributed by atoms with van der Waals surface area (Å²) in [6, 6.07) is 2.14. The van der Waals surface area contributed by atoms with Crippen LogP contribution >= 0.6 is 0 Å². The SMILES string of the molecule is NC(=O)C1(c2ccc(C(F)(F)F)cn2)CC1. The minimum absolute atomic E-state index is 0.327. The largest absolute Gasteiger partial charge is 0.417 e. The normalized spacial score (nSPS) is 18.2. The van der Waals surface area contributed by atoms with Crippen molar-refractivity contribution >= 4 is 5.91 Å². The molecule has 1 aliphatic rings. The number of hydrogen-bond acceptors (Lipinski definition) is 2. The van der Waals surface area contributed by atoms with E-state index in [0.29, 0.717) is 18.5 Å². The number of carbonyl (C=O) groups excluding carboxylic acids is 1. The lowest BCUT2D eigenvalue weighted by Crippen LogP contribution is -2.29. The molecule has 1 saturated carbocycles. The van der Waals surface area contributed by atoms with E-state index in [0.717, 1.165) is 12.3 Å². The van der Waals surface area contributed by atoms with Crippen LogP contribution in [0.15, 0.2) is 18.3 Å². The minimum atomic E-state index is -4.41. The third-order valence-electron chi connectivity index (χ3n) is 2.80. The van der Waals surface area contributed by atoms with Crippen LogP contribution in [0.25, 0.3) is 0 Å². The molecule has 1 fully saturated rings. The lowest BCUT2D eigenvalue weighted by Gasteiger charge is -2.11. The second-order valence-electron chi connectivity index (χ2n) is 3.88. The predicted octanol–water partition coefficient (Wildman–Crippen LogP) is 1.62. The molecule has 16 heavy (non-hydrogen) atoms. The lowest BCUT2D eigenvalue weighted by atomic mass is 10.0. The molecule has 1 aromatic heterocycles. The Hall–Kier alpha value is -1.59. The van der Waals surface area contributed by atoms with E-state index in [-0.39, 0.29) is 0 Å². The van der Waals surface area contributed by atoms with Gasteiger partial charge in [-0.1, -0.05) is 0 Å². The first-order valence-corrected chi connectivity index (χ1v) is 4.70. The van der Waals surface area contributed by atoms with Crippen LogP contribution in [-0.4, -0.2) is 10.9 Å². The molecule has 0 spiro atoms. The molecule has 6 heteroatoms. The number of primary amides is 1. The molecule has 1 aliphatic carbocycles. The fraction of sp³-hybridized carbons (Fsp3) is 0.400. The molecule has 0 aliphatic heterocycles. The summed E-state index contributed by atoms with van der Waals surface area (Å²) in [6.45, 7) is 0. The zero-order valence-electron chi connectivity index (χ0n) is 8.21. The number of alkyl halides is 3. The standard InChI is InChI=1S/C10H9F3N2O/c11-10(12,13)6-1-2-7(15-5-6)9(3-4-9)8(14)16/h1-2,5H,3-4H2,(H2,14,16). The average Bonchev–Trinajstić information content (AvgIpc) is 2.97. The third kappa shape index (κ3) is 1.64. The number of nitrogens with zero attached hydrogens (tertiary/aromatic N) is 1. The molecule has 3 nitrogen and oxygen atoms in total. The number of hydrogen-bond donors (Lipinski definition) is 1. The Bertz CT molecular complexity index is 421. The summed E-state index contributed by atoms with van der Waals surface area (Å²) < 4.78 is 36.8. The van der Waals surface area contributed by atoms with Crippen molar-refractivity contribution in [1.82, 2.24) is 4.98 Å². The number of carbonyl (C=O) groups is 1. The van der Waals surface area contributed by atoms with Gasteiger partial charge in [0, 0.05) is 6.20 Å². The van der Waals surface area contributed by atoms with Gasteiger partial charge in [-0.2, -0.15) is 13.2 Å². The molecule has 1 amide bonds. The monoisotopic (exact) mass is 230 g/mol. The maximum Gasteiger partial charge on any atom is 0.417 e. The molecule has 1 heterocycles. The molecular weight excluding hydrogens is 221 g/mol. The van der Waals surface area contributed by atoms with Crippen molar-refractivity contribution in [2.45, 2.75) is 24.4 Å². The summed E-state index contributed by atoms with van der Waals surface area (Å²) in [7, 11) is 0. The van der Waals surface area contributed by atoms with Crippen LogP contribution in [0.2, 0.25) is 0 Å². The Labute approximate surface area is 89.5 Å². The summed E-state index contributed by atoms with van der Waals surface area (Å²) in [5.41, 5.74) is 3.86. The van der Waals surface area contributed by atoms with Crippen molar-refractivity contribution in [2.75, 3.05) is 0 Å². The lowest BCUT2D eigenvalue weighted by molar-refractivity contribution is -0.137. The van der Waals surface area contributed by atoms with Crippen LogP contribution in [0.4, 0.5) is 13.2 Å². The molecule has 86 valence electrons. The van der Waals surface area contributed by atoms with Gasteiger partial charge in [0.05, 0.1) is 16.7 Å². The molecule has 1 aromatic rings. The van der Waals surface area contributed by atoms with Crippen molar-refractivity contribution in [3.63, 3.8) is 0 Å². The fourth-order valence-corrected chi connectivity index (χ4v) is 1.60. The molecule has 0 saturated heterocycles. The van der Waals surface area contributed by atoms with Crippen molar-refractivity contribution in [3.05, 3.63) is 29.6 Å². The first-order chi connectivity index (χ1) is 7.36. The highest BCUT2D eigenvalue weighted by atomic mass is 19.4. The summed E-state index contributed by atoms with van der Waals surface area (Å²) in [6.07, 6.45) is -2.56. The van der Waals surface area contributed by atoms with Gasteiger partial charge >= 0.3 is 6.18 Å². The topological polar surface area (TPSA) is 56.0 Å². The van der Waals surface area contributed by atoms with Gasteiger partial charge in [-0.05, 0) is 25.0 Å². The van der Waals surface area contributed by atoms with E-state index in [4.69, 9.17) is 5.73 Å². The minimum Gasteiger partial charge on any atom is -0.369 e. The van der Waals surface area contributed by atoms with Crippen molar-refractivity contribution < 1.29 is 18.0 Å². The molecule has 2 rings (SSSR count). The van der Waals surface area contributed by atoms with Gasteiger partial charge in [0.25, 0.3) is 0 Å². The second-order valence-corrected chi connectivity index (χ2v) is 3.88. The van der Waals surface area contributed by atoms with Crippen LogP contribution in [0.1, 0.15) is 24.1 Å². The molecule has 0 unspecified atom stereocenters.